The van der Waals surface area contributed by atoms with Crippen molar-refractivity contribution in [3.8, 4) is 0 Å². The van der Waals surface area contributed by atoms with Crippen LogP contribution >= 0.6 is 0 Å². The van der Waals surface area contributed by atoms with E-state index in [1.165, 1.54) is 12.1 Å². The minimum absolute atomic E-state index is 0.0718. The van der Waals surface area contributed by atoms with E-state index >= 15 is 0 Å². The van der Waals surface area contributed by atoms with Crippen LogP contribution in [-0.4, -0.2) is 24.1 Å². The maximum Gasteiger partial charge on any atom is 0.283 e. The van der Waals surface area contributed by atoms with Gasteiger partial charge in [0.1, 0.15) is 10.6 Å². The molecule has 2 aromatic carbocycles. The Bertz CT molecular complexity index is 1260. The van der Waals surface area contributed by atoms with Crippen LogP contribution in [0, 0.1) is 20.8 Å². The molecule has 3 aromatic rings. The van der Waals surface area contributed by atoms with Crippen molar-refractivity contribution in [2.45, 2.75) is 58.4 Å². The van der Waals surface area contributed by atoms with Gasteiger partial charge in [0.05, 0.1) is 17.9 Å². The normalized spacial score (nSPS) is 12.1. The number of nitrogens with two attached hydrogens (primary N) is 1. The lowest BCUT2D eigenvalue weighted by Gasteiger charge is -2.15. The number of hydrogen-bond acceptors (Lipinski definition) is 5. The van der Waals surface area contributed by atoms with Crippen LogP contribution in [0.1, 0.15) is 59.2 Å². The average Bonchev–Trinajstić information content (AvgIpc) is 3.09. The first kappa shape index (κ1) is 23.5. The van der Waals surface area contributed by atoms with Gasteiger partial charge in [-0.15, -0.1) is 0 Å². The number of carbonyl (C=O) groups excluding carboxylic acids is 1. The minimum atomic E-state index is -4.14. The first-order valence-electron chi connectivity index (χ1n) is 10.4. The molecule has 7 nitrogen and oxygen atoms in total. The van der Waals surface area contributed by atoms with Crippen LogP contribution in [0.3, 0.4) is 0 Å². The molecule has 0 saturated heterocycles. The van der Waals surface area contributed by atoms with Gasteiger partial charge in [-0.25, -0.2) is 13.1 Å². The van der Waals surface area contributed by atoms with Gasteiger partial charge in [0.2, 0.25) is 0 Å². The third-order valence-corrected chi connectivity index (χ3v) is 6.77. The predicted octanol–water partition coefficient (Wildman–Crippen LogP) is 3.86. The largest absolute Gasteiger partial charge is 0.398 e. The van der Waals surface area contributed by atoms with Crippen molar-refractivity contribution in [3.63, 3.8) is 0 Å². The maximum absolute atomic E-state index is 13.1. The molecule has 0 radical (unpaired) electrons. The van der Waals surface area contributed by atoms with E-state index in [0.29, 0.717) is 12.2 Å². The fraction of sp³-hybridized carbons (Fsp3) is 0.333. The number of nitrogen functional groups attached to an aromatic ring is 1. The van der Waals surface area contributed by atoms with Gasteiger partial charge in [0.25, 0.3) is 15.9 Å². The van der Waals surface area contributed by atoms with E-state index in [0.717, 1.165) is 22.3 Å². The number of nitrogens with one attached hydrogen (secondary N) is 1. The molecule has 0 atom stereocenters. The smallest absolute Gasteiger partial charge is 0.283 e. The number of para-hydroxylation sites is 1. The van der Waals surface area contributed by atoms with E-state index in [1.54, 1.807) is 22.9 Å². The van der Waals surface area contributed by atoms with Crippen LogP contribution in [0.25, 0.3) is 0 Å². The molecule has 0 bridgehead atoms. The van der Waals surface area contributed by atoms with Gasteiger partial charge in [-0.05, 0) is 55.7 Å². The quantitative estimate of drug-likeness (QED) is 0.570. The van der Waals surface area contributed by atoms with Crippen molar-refractivity contribution in [2.75, 3.05) is 5.73 Å². The van der Waals surface area contributed by atoms with Crippen molar-refractivity contribution in [1.82, 2.24) is 14.5 Å². The molecule has 8 heteroatoms. The number of rotatable bonds is 5. The molecule has 0 saturated carbocycles. The van der Waals surface area contributed by atoms with Crippen molar-refractivity contribution in [1.29, 1.82) is 0 Å². The molecule has 170 valence electrons. The molecule has 0 unspecified atom stereocenters. The molecule has 3 rings (SSSR count). The Balaban J connectivity index is 2.03. The summed E-state index contributed by atoms with van der Waals surface area (Å²) in [6.45, 7) is 12.4. The molecular weight excluding hydrogens is 424 g/mol. The van der Waals surface area contributed by atoms with Crippen molar-refractivity contribution in [3.05, 3.63) is 76.1 Å². The van der Waals surface area contributed by atoms with Crippen LogP contribution in [0.15, 0.2) is 47.4 Å². The van der Waals surface area contributed by atoms with Gasteiger partial charge >= 0.3 is 0 Å². The Morgan fingerprint density at radius 2 is 1.66 bits per heavy atom. The maximum atomic E-state index is 13.1. The molecule has 3 N–H and O–H groups in total. The van der Waals surface area contributed by atoms with Crippen molar-refractivity contribution in [2.24, 2.45) is 0 Å². The summed E-state index contributed by atoms with van der Waals surface area (Å²) in [5.41, 5.74) is 10.8. The summed E-state index contributed by atoms with van der Waals surface area (Å²) in [7, 11) is -4.14. The van der Waals surface area contributed by atoms with E-state index in [-0.39, 0.29) is 21.7 Å². The van der Waals surface area contributed by atoms with E-state index in [4.69, 9.17) is 5.73 Å². The fourth-order valence-electron chi connectivity index (χ4n) is 3.65. The van der Waals surface area contributed by atoms with Crippen LogP contribution in [0.4, 0.5) is 5.69 Å². The summed E-state index contributed by atoms with van der Waals surface area (Å²) < 4.78 is 29.4. The monoisotopic (exact) mass is 454 g/mol. The molecule has 1 aromatic heterocycles. The SMILES string of the molecule is Cc1cc(C)c(Cn2nc(C(C)(C)C)cc2C(=O)NS(=O)(=O)c2ccccc2N)c(C)c1. The molecule has 0 aliphatic rings. The van der Waals surface area contributed by atoms with E-state index in [2.05, 4.69) is 22.0 Å². The molecule has 0 aliphatic carbocycles. The van der Waals surface area contributed by atoms with Crippen molar-refractivity contribution < 1.29 is 13.2 Å². The Kier molecular flexibility index (Phi) is 6.20. The summed E-state index contributed by atoms with van der Waals surface area (Å²) >= 11 is 0. The predicted molar refractivity (Wildman–Crippen MR) is 126 cm³/mol. The molecule has 0 aliphatic heterocycles. The highest BCUT2D eigenvalue weighted by molar-refractivity contribution is 7.90. The lowest BCUT2D eigenvalue weighted by atomic mass is 9.92. The first-order valence-corrected chi connectivity index (χ1v) is 11.8. The van der Waals surface area contributed by atoms with Crippen LogP contribution in [-0.2, 0) is 22.0 Å². The number of aryl methyl sites for hydroxylation is 3. The number of amides is 1. The van der Waals surface area contributed by atoms with Crippen LogP contribution < -0.4 is 10.5 Å². The lowest BCUT2D eigenvalue weighted by Crippen LogP contribution is -2.32. The number of hydrogen-bond donors (Lipinski definition) is 2. The number of benzene rings is 2. The first-order chi connectivity index (χ1) is 14.8. The highest BCUT2D eigenvalue weighted by Crippen LogP contribution is 2.25. The highest BCUT2D eigenvalue weighted by atomic mass is 32.2. The molecule has 1 heterocycles. The number of carbonyl (C=O) groups is 1. The zero-order chi connectivity index (χ0) is 23.8. The Morgan fingerprint density at radius 3 is 2.22 bits per heavy atom. The zero-order valence-corrected chi connectivity index (χ0v) is 20.2. The highest BCUT2D eigenvalue weighted by Gasteiger charge is 2.27. The molecule has 32 heavy (non-hydrogen) atoms. The summed E-state index contributed by atoms with van der Waals surface area (Å²) in [5.74, 6) is -0.751. The number of aromatic nitrogens is 2. The molecule has 1 amide bonds. The Morgan fingerprint density at radius 1 is 1.06 bits per heavy atom. The molecule has 0 fully saturated rings. The summed E-state index contributed by atoms with van der Waals surface area (Å²) in [5, 5.41) is 4.66. The van der Waals surface area contributed by atoms with Crippen LogP contribution in [0.2, 0.25) is 0 Å². The number of sulfonamides is 1. The Labute approximate surface area is 189 Å². The van der Waals surface area contributed by atoms with E-state index < -0.39 is 15.9 Å². The van der Waals surface area contributed by atoms with Crippen LogP contribution in [0.5, 0.6) is 0 Å². The average molecular weight is 455 g/mol. The summed E-state index contributed by atoms with van der Waals surface area (Å²) in [4.78, 5) is 13.0. The number of nitrogens with zero attached hydrogens (tertiary/aromatic N) is 2. The van der Waals surface area contributed by atoms with Gasteiger partial charge in [-0.3, -0.25) is 9.48 Å². The second-order valence-electron chi connectivity index (χ2n) is 9.17. The summed E-state index contributed by atoms with van der Waals surface area (Å²) in [6, 6.07) is 11.8. The van der Waals surface area contributed by atoms with E-state index in [1.807, 2.05) is 41.5 Å². The number of anilines is 1. The minimum Gasteiger partial charge on any atom is -0.398 e. The Hall–Kier alpha value is -3.13. The molecule has 0 spiro atoms. The van der Waals surface area contributed by atoms with Gasteiger partial charge < -0.3 is 5.73 Å². The third-order valence-electron chi connectivity index (χ3n) is 5.36. The lowest BCUT2D eigenvalue weighted by molar-refractivity contribution is 0.0971. The second kappa shape index (κ2) is 8.43. The second-order valence-corrected chi connectivity index (χ2v) is 10.8. The van der Waals surface area contributed by atoms with Gasteiger partial charge in [0.15, 0.2) is 0 Å². The fourth-order valence-corrected chi connectivity index (χ4v) is 4.74. The van der Waals surface area contributed by atoms with Gasteiger partial charge in [-0.1, -0.05) is 50.6 Å². The summed E-state index contributed by atoms with van der Waals surface area (Å²) in [6.07, 6.45) is 0. The topological polar surface area (TPSA) is 107 Å². The van der Waals surface area contributed by atoms with Gasteiger partial charge in [-0.2, -0.15) is 5.10 Å². The molecular formula is C24H30N4O3S. The van der Waals surface area contributed by atoms with Gasteiger partial charge in [0, 0.05) is 5.41 Å². The standard InChI is InChI=1S/C24H30N4O3S/c1-15-11-16(2)18(17(3)12-15)14-28-20(13-22(26-28)24(4,5)6)23(29)27-32(30,31)21-10-8-7-9-19(21)25/h7-13H,14,25H2,1-6H3,(H,27,29). The van der Waals surface area contributed by atoms with Crippen molar-refractivity contribution >= 4 is 21.6 Å². The third kappa shape index (κ3) is 4.85. The van der Waals surface area contributed by atoms with E-state index in [9.17, 15) is 13.2 Å². The zero-order valence-electron chi connectivity index (χ0n) is 19.4.